The van der Waals surface area contributed by atoms with E-state index in [4.69, 9.17) is 5.73 Å². The summed E-state index contributed by atoms with van der Waals surface area (Å²) in [5.74, 6) is 0. The third kappa shape index (κ3) is 10.1. The van der Waals surface area contributed by atoms with Crippen molar-refractivity contribution in [3.8, 4) is 0 Å². The van der Waals surface area contributed by atoms with Crippen molar-refractivity contribution in [3.05, 3.63) is 36.0 Å². The van der Waals surface area contributed by atoms with E-state index in [0.717, 1.165) is 25.7 Å². The standard InChI is InChI=1S/C16H29N/c1-5-7-9-14(3)11-12-16(17)13-15(4)10-8-6-2/h5,7,9,16H,4,6,8,10-13,17H2,1-3H3/b7-5-,14-9+. The zero-order valence-electron chi connectivity index (χ0n) is 11.8. The summed E-state index contributed by atoms with van der Waals surface area (Å²) in [6.07, 6.45) is 13.0. The quantitative estimate of drug-likeness (QED) is 0.453. The molecular weight excluding hydrogens is 206 g/mol. The largest absolute Gasteiger partial charge is 0.327 e. The van der Waals surface area contributed by atoms with Crippen LogP contribution < -0.4 is 5.73 Å². The molecule has 2 N–H and O–H groups in total. The Morgan fingerprint density at radius 1 is 1.35 bits per heavy atom. The minimum atomic E-state index is 0.272. The van der Waals surface area contributed by atoms with E-state index in [1.807, 2.05) is 6.92 Å². The second kappa shape index (κ2) is 10.3. The summed E-state index contributed by atoms with van der Waals surface area (Å²) in [5, 5.41) is 0. The van der Waals surface area contributed by atoms with E-state index in [1.165, 1.54) is 24.0 Å². The molecule has 0 fully saturated rings. The Morgan fingerprint density at radius 2 is 2.06 bits per heavy atom. The molecule has 1 heteroatoms. The van der Waals surface area contributed by atoms with Gasteiger partial charge in [-0.25, -0.2) is 0 Å². The fourth-order valence-electron chi connectivity index (χ4n) is 1.76. The molecule has 0 bridgehead atoms. The topological polar surface area (TPSA) is 26.0 Å². The van der Waals surface area contributed by atoms with E-state index in [2.05, 4.69) is 38.7 Å². The van der Waals surface area contributed by atoms with Crippen LogP contribution in [0.5, 0.6) is 0 Å². The molecule has 98 valence electrons. The van der Waals surface area contributed by atoms with E-state index in [9.17, 15) is 0 Å². The predicted molar refractivity (Wildman–Crippen MR) is 79.1 cm³/mol. The molecular formula is C16H29N. The van der Waals surface area contributed by atoms with Gasteiger partial charge in [-0.2, -0.15) is 0 Å². The molecule has 0 aromatic rings. The summed E-state index contributed by atoms with van der Waals surface area (Å²) >= 11 is 0. The molecule has 0 saturated heterocycles. The summed E-state index contributed by atoms with van der Waals surface area (Å²) in [6, 6.07) is 0.272. The molecule has 0 aromatic heterocycles. The number of hydrogen-bond acceptors (Lipinski definition) is 1. The van der Waals surface area contributed by atoms with Crippen molar-refractivity contribution in [2.45, 2.75) is 65.3 Å². The normalized spacial score (nSPS) is 14.2. The monoisotopic (exact) mass is 235 g/mol. The van der Waals surface area contributed by atoms with Gasteiger partial charge in [0.25, 0.3) is 0 Å². The second-order valence-electron chi connectivity index (χ2n) is 4.90. The molecule has 1 unspecified atom stereocenters. The molecule has 0 saturated carbocycles. The third-order valence-electron chi connectivity index (χ3n) is 2.92. The molecule has 0 heterocycles. The van der Waals surface area contributed by atoms with E-state index in [0.29, 0.717) is 0 Å². The van der Waals surface area contributed by atoms with Gasteiger partial charge in [-0.3, -0.25) is 0 Å². The molecule has 0 aliphatic heterocycles. The first-order valence-corrected chi connectivity index (χ1v) is 6.80. The molecule has 0 aliphatic carbocycles. The van der Waals surface area contributed by atoms with Crippen molar-refractivity contribution < 1.29 is 0 Å². The van der Waals surface area contributed by atoms with Gasteiger partial charge in [0, 0.05) is 6.04 Å². The average molecular weight is 235 g/mol. The summed E-state index contributed by atoms with van der Waals surface area (Å²) < 4.78 is 0. The zero-order chi connectivity index (χ0) is 13.1. The Labute approximate surface area is 107 Å². The highest BCUT2D eigenvalue weighted by Crippen LogP contribution is 2.15. The van der Waals surface area contributed by atoms with Crippen molar-refractivity contribution in [1.82, 2.24) is 0 Å². The number of allylic oxidation sites excluding steroid dienone is 4. The summed E-state index contributed by atoms with van der Waals surface area (Å²) in [5.41, 5.74) is 8.83. The average Bonchev–Trinajstić information content (AvgIpc) is 2.31. The lowest BCUT2D eigenvalue weighted by molar-refractivity contribution is 0.590. The van der Waals surface area contributed by atoms with E-state index < -0.39 is 0 Å². The van der Waals surface area contributed by atoms with Crippen LogP contribution in [-0.2, 0) is 0 Å². The molecule has 0 amide bonds. The molecule has 0 aliphatic rings. The van der Waals surface area contributed by atoms with Crippen LogP contribution in [0.15, 0.2) is 36.0 Å². The van der Waals surface area contributed by atoms with Gasteiger partial charge in [0.2, 0.25) is 0 Å². The zero-order valence-corrected chi connectivity index (χ0v) is 11.8. The van der Waals surface area contributed by atoms with E-state index in [1.54, 1.807) is 0 Å². The minimum absolute atomic E-state index is 0.272. The Kier molecular flexibility index (Phi) is 9.84. The van der Waals surface area contributed by atoms with Gasteiger partial charge in [0.05, 0.1) is 0 Å². The third-order valence-corrected chi connectivity index (χ3v) is 2.92. The maximum Gasteiger partial charge on any atom is 0.00790 e. The molecule has 1 atom stereocenters. The van der Waals surface area contributed by atoms with Crippen molar-refractivity contribution in [2.24, 2.45) is 5.73 Å². The minimum Gasteiger partial charge on any atom is -0.327 e. The van der Waals surface area contributed by atoms with Crippen molar-refractivity contribution >= 4 is 0 Å². The van der Waals surface area contributed by atoms with Gasteiger partial charge in [-0.1, -0.05) is 49.3 Å². The number of rotatable bonds is 9. The lowest BCUT2D eigenvalue weighted by Crippen LogP contribution is -2.20. The second-order valence-corrected chi connectivity index (χ2v) is 4.90. The molecule has 0 aromatic carbocycles. The van der Waals surface area contributed by atoms with Gasteiger partial charge in [-0.05, 0) is 46.0 Å². The van der Waals surface area contributed by atoms with Gasteiger partial charge in [0.1, 0.15) is 0 Å². The lowest BCUT2D eigenvalue weighted by atomic mass is 9.98. The Hall–Kier alpha value is -0.820. The Bertz CT molecular complexity index is 261. The van der Waals surface area contributed by atoms with Crippen LogP contribution in [0.1, 0.15) is 59.3 Å². The molecule has 1 nitrogen and oxygen atoms in total. The van der Waals surface area contributed by atoms with Crippen LogP contribution in [0, 0.1) is 0 Å². The van der Waals surface area contributed by atoms with Crippen LogP contribution in [0.2, 0.25) is 0 Å². The maximum absolute atomic E-state index is 6.12. The first-order valence-electron chi connectivity index (χ1n) is 6.80. The van der Waals surface area contributed by atoms with Crippen molar-refractivity contribution in [2.75, 3.05) is 0 Å². The van der Waals surface area contributed by atoms with Crippen LogP contribution in [-0.4, -0.2) is 6.04 Å². The van der Waals surface area contributed by atoms with E-state index in [-0.39, 0.29) is 6.04 Å². The number of nitrogens with two attached hydrogens (primary N) is 1. The fourth-order valence-corrected chi connectivity index (χ4v) is 1.76. The Morgan fingerprint density at radius 3 is 2.65 bits per heavy atom. The summed E-state index contributed by atoms with van der Waals surface area (Å²) in [4.78, 5) is 0. The molecule has 0 rings (SSSR count). The molecule has 0 radical (unpaired) electrons. The lowest BCUT2D eigenvalue weighted by Gasteiger charge is -2.13. The van der Waals surface area contributed by atoms with Crippen molar-refractivity contribution in [1.29, 1.82) is 0 Å². The number of hydrogen-bond donors (Lipinski definition) is 1. The highest BCUT2D eigenvalue weighted by atomic mass is 14.6. The highest BCUT2D eigenvalue weighted by Gasteiger charge is 2.05. The van der Waals surface area contributed by atoms with E-state index >= 15 is 0 Å². The van der Waals surface area contributed by atoms with Crippen LogP contribution in [0.3, 0.4) is 0 Å². The highest BCUT2D eigenvalue weighted by molar-refractivity contribution is 5.10. The van der Waals surface area contributed by atoms with Gasteiger partial charge >= 0.3 is 0 Å². The first-order chi connectivity index (χ1) is 8.10. The number of unbranched alkanes of at least 4 members (excludes halogenated alkanes) is 1. The van der Waals surface area contributed by atoms with Crippen LogP contribution in [0.4, 0.5) is 0 Å². The molecule has 0 spiro atoms. The summed E-state index contributed by atoms with van der Waals surface area (Å²) in [7, 11) is 0. The van der Waals surface area contributed by atoms with Crippen molar-refractivity contribution in [3.63, 3.8) is 0 Å². The summed E-state index contributed by atoms with van der Waals surface area (Å²) in [6.45, 7) is 10.5. The van der Waals surface area contributed by atoms with Gasteiger partial charge in [0.15, 0.2) is 0 Å². The van der Waals surface area contributed by atoms with Gasteiger partial charge in [-0.15, -0.1) is 0 Å². The smallest absolute Gasteiger partial charge is 0.00790 e. The van der Waals surface area contributed by atoms with Crippen LogP contribution >= 0.6 is 0 Å². The maximum atomic E-state index is 6.12. The SMILES string of the molecule is C=C(CCCC)CC(N)CC/C(C)=C/C=C\C. The predicted octanol–water partition coefficient (Wildman–Crippen LogP) is 4.75. The first kappa shape index (κ1) is 16.2. The fraction of sp³-hybridized carbons (Fsp3) is 0.625. The van der Waals surface area contributed by atoms with Gasteiger partial charge < -0.3 is 5.73 Å². The Balaban J connectivity index is 3.79. The van der Waals surface area contributed by atoms with Crippen LogP contribution in [0.25, 0.3) is 0 Å². The molecule has 17 heavy (non-hydrogen) atoms.